The number of fused-ring (bicyclic) bond motifs is 7. The highest BCUT2D eigenvalue weighted by Crippen LogP contribution is 2.25. The predicted octanol–water partition coefficient (Wildman–Crippen LogP) is 2.53. The zero-order valence-corrected chi connectivity index (χ0v) is 19.3. The smallest absolute Gasteiger partial charge is 0.292 e. The van der Waals surface area contributed by atoms with Crippen LogP contribution in [0.4, 0.5) is 5.69 Å². The van der Waals surface area contributed by atoms with Crippen molar-refractivity contribution < 1.29 is 28.4 Å². The van der Waals surface area contributed by atoms with Crippen LogP contribution in [0, 0.1) is 6.92 Å². The molecule has 2 aromatic carbocycles. The number of hydrogen-bond acceptors (Lipinski definition) is 1. The summed E-state index contributed by atoms with van der Waals surface area (Å²) in [6, 6.07) is 22.4. The van der Waals surface area contributed by atoms with Gasteiger partial charge < -0.3 is 28.9 Å². The fourth-order valence-electron chi connectivity index (χ4n) is 4.21. The molecule has 3 heterocycles. The van der Waals surface area contributed by atoms with E-state index in [4.69, 9.17) is 0 Å². The second-order valence-electron chi connectivity index (χ2n) is 7.86. The van der Waals surface area contributed by atoms with Gasteiger partial charge in [-0.3, -0.25) is 0 Å². The lowest BCUT2D eigenvalue weighted by Crippen LogP contribution is -3.00. The summed E-state index contributed by atoms with van der Waals surface area (Å²) in [5.74, 6) is 0. The first-order chi connectivity index (χ1) is 13.7. The molecule has 0 unspecified atom stereocenters. The molecule has 5 rings (SSSR count). The van der Waals surface area contributed by atoms with Gasteiger partial charge in [0.15, 0.2) is 5.52 Å². The number of imidazole rings is 1. The summed E-state index contributed by atoms with van der Waals surface area (Å²) in [6.07, 6.45) is 4.69. The Labute approximate surface area is 188 Å². The zero-order chi connectivity index (χ0) is 19.3. The monoisotopic (exact) mass is 495 g/mol. The molecule has 0 aliphatic rings. The number of nitrogens with zero attached hydrogens (tertiary/aromatic N) is 3. The summed E-state index contributed by atoms with van der Waals surface area (Å²) in [5.41, 5.74) is 7.49. The molecule has 29 heavy (non-hydrogen) atoms. The SMILES string of the molecule is CCCCN(C)c1ccc2c(ccc3c[n+]4c5cc(C)ccc5ccc4n32)c1.[I-]. The average molecular weight is 495 g/mol. The maximum absolute atomic E-state index is 2.37. The number of rotatable bonds is 4. The van der Waals surface area contributed by atoms with E-state index in [-0.39, 0.29) is 24.0 Å². The number of aryl methyl sites for hydroxylation is 1. The van der Waals surface area contributed by atoms with Gasteiger partial charge in [-0.2, -0.15) is 8.80 Å². The van der Waals surface area contributed by atoms with Crippen molar-refractivity contribution in [3.8, 4) is 0 Å². The molecular formula is C25H26IN3. The molecule has 5 aromatic rings. The third-order valence-corrected chi connectivity index (χ3v) is 5.83. The van der Waals surface area contributed by atoms with Gasteiger partial charge in [0.2, 0.25) is 0 Å². The van der Waals surface area contributed by atoms with Gasteiger partial charge in [0.05, 0.1) is 0 Å². The Bertz CT molecular complexity index is 1340. The van der Waals surface area contributed by atoms with Gasteiger partial charge in [0, 0.05) is 36.1 Å². The molecule has 0 fully saturated rings. The highest BCUT2D eigenvalue weighted by Gasteiger charge is 2.17. The van der Waals surface area contributed by atoms with Crippen molar-refractivity contribution in [2.75, 3.05) is 18.5 Å². The van der Waals surface area contributed by atoms with Gasteiger partial charge in [-0.15, -0.1) is 0 Å². The number of pyridine rings is 2. The summed E-state index contributed by atoms with van der Waals surface area (Å²) < 4.78 is 4.69. The van der Waals surface area contributed by atoms with Crippen LogP contribution in [0.15, 0.2) is 66.9 Å². The Hall–Kier alpha value is -2.34. The van der Waals surface area contributed by atoms with Gasteiger partial charge in [-0.05, 0) is 61.4 Å². The van der Waals surface area contributed by atoms with Crippen LogP contribution >= 0.6 is 0 Å². The highest BCUT2D eigenvalue weighted by molar-refractivity contribution is 5.88. The van der Waals surface area contributed by atoms with Crippen LogP contribution in [0.2, 0.25) is 0 Å². The average Bonchev–Trinajstić information content (AvgIpc) is 3.11. The fraction of sp³-hybridized carbons (Fsp3) is 0.240. The van der Waals surface area contributed by atoms with Gasteiger partial charge in [0.25, 0.3) is 5.65 Å². The minimum Gasteiger partial charge on any atom is -1.00 e. The van der Waals surface area contributed by atoms with Crippen LogP contribution in [0.3, 0.4) is 0 Å². The number of aromatic nitrogens is 2. The lowest BCUT2D eigenvalue weighted by Gasteiger charge is -2.19. The Kier molecular flexibility index (Phi) is 5.38. The molecule has 0 aliphatic heterocycles. The summed E-state index contributed by atoms with van der Waals surface area (Å²) in [5, 5.41) is 2.54. The van der Waals surface area contributed by atoms with E-state index < -0.39 is 0 Å². The Morgan fingerprint density at radius 3 is 2.55 bits per heavy atom. The first kappa shape index (κ1) is 20.0. The van der Waals surface area contributed by atoms with Crippen LogP contribution in [-0.2, 0) is 0 Å². The molecule has 0 saturated carbocycles. The molecule has 0 N–H and O–H groups in total. The first-order valence-corrected chi connectivity index (χ1v) is 10.2. The van der Waals surface area contributed by atoms with Crippen molar-refractivity contribution in [2.45, 2.75) is 26.7 Å². The van der Waals surface area contributed by atoms with E-state index in [1.807, 2.05) is 0 Å². The van der Waals surface area contributed by atoms with Gasteiger partial charge in [-0.1, -0.05) is 25.5 Å². The van der Waals surface area contributed by atoms with E-state index in [1.54, 1.807) is 0 Å². The van der Waals surface area contributed by atoms with Crippen molar-refractivity contribution in [3.05, 3.63) is 72.4 Å². The largest absolute Gasteiger partial charge is 1.00 e. The maximum Gasteiger partial charge on any atom is 0.292 e. The van der Waals surface area contributed by atoms with Crippen molar-refractivity contribution >= 4 is 38.7 Å². The quantitative estimate of drug-likeness (QED) is 0.276. The maximum atomic E-state index is 2.37. The predicted molar refractivity (Wildman–Crippen MR) is 118 cm³/mol. The summed E-state index contributed by atoms with van der Waals surface area (Å²) in [4.78, 5) is 2.35. The van der Waals surface area contributed by atoms with E-state index in [0.717, 1.165) is 6.54 Å². The van der Waals surface area contributed by atoms with E-state index in [2.05, 4.69) is 101 Å². The van der Waals surface area contributed by atoms with E-state index in [1.165, 1.54) is 57.1 Å². The third-order valence-electron chi connectivity index (χ3n) is 5.83. The molecule has 0 aliphatic carbocycles. The molecule has 0 bridgehead atoms. The van der Waals surface area contributed by atoms with Crippen LogP contribution in [0.1, 0.15) is 25.3 Å². The number of unbranched alkanes of at least 4 members (excludes halogenated alkanes) is 1. The first-order valence-electron chi connectivity index (χ1n) is 10.2. The minimum absolute atomic E-state index is 0. The zero-order valence-electron chi connectivity index (χ0n) is 17.2. The molecule has 148 valence electrons. The molecule has 0 spiro atoms. The number of benzene rings is 2. The number of halogens is 1. The van der Waals surface area contributed by atoms with Crippen LogP contribution in [0.5, 0.6) is 0 Å². The number of anilines is 1. The normalized spacial score (nSPS) is 11.4. The molecule has 3 nitrogen and oxygen atoms in total. The molecule has 0 amide bonds. The lowest BCUT2D eigenvalue weighted by atomic mass is 10.1. The topological polar surface area (TPSA) is 11.8 Å². The van der Waals surface area contributed by atoms with Gasteiger partial charge in [-0.25, -0.2) is 0 Å². The second kappa shape index (κ2) is 7.82. The van der Waals surface area contributed by atoms with Crippen molar-refractivity contribution in [1.82, 2.24) is 4.40 Å². The van der Waals surface area contributed by atoms with Crippen molar-refractivity contribution in [2.24, 2.45) is 0 Å². The highest BCUT2D eigenvalue weighted by atomic mass is 127. The van der Waals surface area contributed by atoms with E-state index in [9.17, 15) is 0 Å². The Morgan fingerprint density at radius 2 is 1.72 bits per heavy atom. The van der Waals surface area contributed by atoms with Crippen LogP contribution < -0.4 is 33.3 Å². The van der Waals surface area contributed by atoms with Crippen LogP contribution in [-0.4, -0.2) is 18.0 Å². The van der Waals surface area contributed by atoms with E-state index in [0.29, 0.717) is 0 Å². The summed E-state index contributed by atoms with van der Waals surface area (Å²) in [6.45, 7) is 5.49. The lowest BCUT2D eigenvalue weighted by molar-refractivity contribution is -0.479. The fourth-order valence-corrected chi connectivity index (χ4v) is 4.21. The number of hydrogen-bond donors (Lipinski definition) is 0. The van der Waals surface area contributed by atoms with Crippen molar-refractivity contribution in [3.63, 3.8) is 0 Å². The van der Waals surface area contributed by atoms with Gasteiger partial charge in [0.1, 0.15) is 17.2 Å². The molecule has 0 saturated heterocycles. The third kappa shape index (κ3) is 3.33. The molecule has 0 atom stereocenters. The molecule has 3 aromatic heterocycles. The molecule has 0 radical (unpaired) electrons. The Morgan fingerprint density at radius 1 is 0.931 bits per heavy atom. The summed E-state index contributed by atoms with van der Waals surface area (Å²) >= 11 is 0. The van der Waals surface area contributed by atoms with Crippen LogP contribution in [0.25, 0.3) is 33.0 Å². The summed E-state index contributed by atoms with van der Waals surface area (Å²) in [7, 11) is 2.19. The van der Waals surface area contributed by atoms with Crippen molar-refractivity contribution in [1.29, 1.82) is 0 Å². The minimum atomic E-state index is 0. The standard InChI is InChI=1S/C25H26N3.HI/c1-4-5-14-26(3)21-11-12-23-20(16-21)8-10-22-17-27-24-15-18(2)6-7-19(24)9-13-25(27)28(22)23;/h6-13,15-17H,4-5,14H2,1-3H3;1H/q+1;/p-1. The van der Waals surface area contributed by atoms with Gasteiger partial charge >= 0.3 is 0 Å². The Balaban J connectivity index is 0.00000205. The van der Waals surface area contributed by atoms with E-state index >= 15 is 0 Å². The molecular weight excluding hydrogens is 469 g/mol. The molecule has 4 heteroatoms. The second-order valence-corrected chi connectivity index (χ2v) is 7.86.